The molecule has 5 heteroatoms. The molecule has 0 saturated heterocycles. The molecule has 0 unspecified atom stereocenters. The zero-order chi connectivity index (χ0) is 14.4. The highest BCUT2D eigenvalue weighted by Crippen LogP contribution is 2.44. The summed E-state index contributed by atoms with van der Waals surface area (Å²) < 4.78 is 0. The van der Waals surface area contributed by atoms with Crippen LogP contribution in [0.15, 0.2) is 17.5 Å². The van der Waals surface area contributed by atoms with Gasteiger partial charge in [0, 0.05) is 6.04 Å². The summed E-state index contributed by atoms with van der Waals surface area (Å²) in [5.74, 6) is 1.54. The fourth-order valence-electron chi connectivity index (χ4n) is 2.86. The maximum atomic E-state index is 12.6. The molecule has 0 radical (unpaired) electrons. The SMILES string of the molecule is Cc1nc(-c2cccs2)sc1C(=O)NC(C1CC1)C1CC1. The normalized spacial score (nSPS) is 18.2. The number of carbonyl (C=O) groups is 1. The van der Waals surface area contributed by atoms with Crippen molar-refractivity contribution < 1.29 is 4.79 Å². The molecule has 1 amide bonds. The van der Waals surface area contributed by atoms with Crippen molar-refractivity contribution in [1.82, 2.24) is 10.3 Å². The molecule has 0 bridgehead atoms. The number of thiazole rings is 1. The predicted molar refractivity (Wildman–Crippen MR) is 86.9 cm³/mol. The molecular formula is C16H18N2OS2. The molecule has 0 aliphatic heterocycles. The minimum absolute atomic E-state index is 0.0802. The number of aromatic nitrogens is 1. The number of amides is 1. The molecule has 4 rings (SSSR count). The Hall–Kier alpha value is -1.20. The van der Waals surface area contributed by atoms with E-state index in [4.69, 9.17) is 0 Å². The molecule has 2 aliphatic rings. The first-order valence-corrected chi connectivity index (χ1v) is 9.24. The number of aryl methyl sites for hydroxylation is 1. The summed E-state index contributed by atoms with van der Waals surface area (Å²) in [5, 5.41) is 6.30. The van der Waals surface area contributed by atoms with E-state index < -0.39 is 0 Å². The van der Waals surface area contributed by atoms with E-state index in [9.17, 15) is 4.79 Å². The second kappa shape index (κ2) is 5.21. The number of thiophene rings is 1. The van der Waals surface area contributed by atoms with E-state index in [0.29, 0.717) is 6.04 Å². The molecule has 0 aromatic carbocycles. The Balaban J connectivity index is 1.53. The van der Waals surface area contributed by atoms with E-state index >= 15 is 0 Å². The lowest BCUT2D eigenvalue weighted by Gasteiger charge is -2.17. The van der Waals surface area contributed by atoms with E-state index in [1.807, 2.05) is 18.4 Å². The molecule has 2 saturated carbocycles. The van der Waals surface area contributed by atoms with Gasteiger partial charge in [0.05, 0.1) is 10.6 Å². The molecule has 0 spiro atoms. The van der Waals surface area contributed by atoms with Crippen LogP contribution in [0.25, 0.3) is 9.88 Å². The van der Waals surface area contributed by atoms with E-state index in [-0.39, 0.29) is 5.91 Å². The molecule has 1 N–H and O–H groups in total. The first-order valence-electron chi connectivity index (χ1n) is 7.54. The van der Waals surface area contributed by atoms with Crippen LogP contribution in [0.2, 0.25) is 0 Å². The Morgan fingerprint density at radius 3 is 2.62 bits per heavy atom. The Morgan fingerprint density at radius 1 is 1.33 bits per heavy atom. The van der Waals surface area contributed by atoms with Crippen LogP contribution in [0.1, 0.15) is 41.0 Å². The first kappa shape index (κ1) is 13.5. The van der Waals surface area contributed by atoms with Crippen molar-refractivity contribution in [2.75, 3.05) is 0 Å². The van der Waals surface area contributed by atoms with Gasteiger partial charge in [-0.25, -0.2) is 4.98 Å². The third-order valence-corrected chi connectivity index (χ3v) is 6.49. The van der Waals surface area contributed by atoms with Gasteiger partial charge >= 0.3 is 0 Å². The van der Waals surface area contributed by atoms with Crippen LogP contribution in [-0.2, 0) is 0 Å². The zero-order valence-electron chi connectivity index (χ0n) is 12.0. The van der Waals surface area contributed by atoms with Gasteiger partial charge < -0.3 is 5.32 Å². The molecule has 110 valence electrons. The smallest absolute Gasteiger partial charge is 0.263 e. The van der Waals surface area contributed by atoms with Gasteiger partial charge in [0.2, 0.25) is 0 Å². The summed E-state index contributed by atoms with van der Waals surface area (Å²) >= 11 is 3.19. The summed E-state index contributed by atoms with van der Waals surface area (Å²) in [7, 11) is 0. The van der Waals surface area contributed by atoms with Crippen molar-refractivity contribution in [3.8, 4) is 9.88 Å². The molecule has 0 atom stereocenters. The van der Waals surface area contributed by atoms with E-state index in [1.54, 1.807) is 11.3 Å². The molecule has 2 fully saturated rings. The lowest BCUT2D eigenvalue weighted by Crippen LogP contribution is -2.38. The predicted octanol–water partition coefficient (Wildman–Crippen LogP) is 4.10. The summed E-state index contributed by atoms with van der Waals surface area (Å²) in [6, 6.07) is 4.48. The molecular weight excluding hydrogens is 300 g/mol. The van der Waals surface area contributed by atoms with Gasteiger partial charge in [-0.1, -0.05) is 6.07 Å². The van der Waals surface area contributed by atoms with E-state index in [2.05, 4.69) is 16.4 Å². The topological polar surface area (TPSA) is 42.0 Å². The molecule has 2 heterocycles. The Morgan fingerprint density at radius 2 is 2.05 bits per heavy atom. The van der Waals surface area contributed by atoms with Gasteiger partial charge in [-0.15, -0.1) is 22.7 Å². The third-order valence-electron chi connectivity index (χ3n) is 4.29. The van der Waals surface area contributed by atoms with Gasteiger partial charge in [-0.05, 0) is 55.9 Å². The quantitative estimate of drug-likeness (QED) is 0.902. The standard InChI is InChI=1S/C16H18N2OS2/c1-9-14(21-16(17-9)12-3-2-8-20-12)15(19)18-13(10-4-5-10)11-6-7-11/h2-3,8,10-11,13H,4-7H2,1H3,(H,18,19). The second-order valence-electron chi connectivity index (χ2n) is 6.08. The van der Waals surface area contributed by atoms with Crippen molar-refractivity contribution in [3.63, 3.8) is 0 Å². The largest absolute Gasteiger partial charge is 0.348 e. The molecule has 2 aromatic heterocycles. The summed E-state index contributed by atoms with van der Waals surface area (Å²) in [6.45, 7) is 1.94. The number of hydrogen-bond acceptors (Lipinski definition) is 4. The molecule has 2 aromatic rings. The van der Waals surface area contributed by atoms with Crippen LogP contribution in [0.3, 0.4) is 0 Å². The van der Waals surface area contributed by atoms with Crippen LogP contribution in [0.4, 0.5) is 0 Å². The van der Waals surface area contributed by atoms with Crippen molar-refractivity contribution >= 4 is 28.6 Å². The number of nitrogens with one attached hydrogen (secondary N) is 1. The fraction of sp³-hybridized carbons (Fsp3) is 0.500. The van der Waals surface area contributed by atoms with Crippen LogP contribution < -0.4 is 5.32 Å². The maximum absolute atomic E-state index is 12.6. The average Bonchev–Trinajstić information content (AvgIpc) is 3.39. The third kappa shape index (κ3) is 2.77. The van der Waals surface area contributed by atoms with E-state index in [0.717, 1.165) is 32.3 Å². The Kier molecular flexibility index (Phi) is 3.34. The highest BCUT2D eigenvalue weighted by molar-refractivity contribution is 7.22. The van der Waals surface area contributed by atoms with Crippen LogP contribution >= 0.6 is 22.7 Å². The first-order chi connectivity index (χ1) is 10.2. The minimum atomic E-state index is 0.0802. The number of rotatable bonds is 5. The Labute approximate surface area is 132 Å². The van der Waals surface area contributed by atoms with Gasteiger partial charge in [0.1, 0.15) is 9.88 Å². The summed E-state index contributed by atoms with van der Waals surface area (Å²) in [4.78, 5) is 19.1. The van der Waals surface area contributed by atoms with Crippen molar-refractivity contribution in [2.45, 2.75) is 38.6 Å². The Bertz CT molecular complexity index is 642. The van der Waals surface area contributed by atoms with Crippen molar-refractivity contribution in [1.29, 1.82) is 0 Å². The van der Waals surface area contributed by atoms with Crippen LogP contribution in [-0.4, -0.2) is 16.9 Å². The number of hydrogen-bond donors (Lipinski definition) is 1. The van der Waals surface area contributed by atoms with Gasteiger partial charge in [0.15, 0.2) is 0 Å². The average molecular weight is 318 g/mol. The van der Waals surface area contributed by atoms with Gasteiger partial charge in [0.25, 0.3) is 5.91 Å². The fourth-order valence-corrected chi connectivity index (χ4v) is 4.63. The maximum Gasteiger partial charge on any atom is 0.263 e. The number of carbonyl (C=O) groups excluding carboxylic acids is 1. The van der Waals surface area contributed by atoms with Crippen molar-refractivity contribution in [2.24, 2.45) is 11.8 Å². The molecule has 3 nitrogen and oxygen atoms in total. The highest BCUT2D eigenvalue weighted by atomic mass is 32.1. The van der Waals surface area contributed by atoms with E-state index in [1.165, 1.54) is 37.0 Å². The summed E-state index contributed by atoms with van der Waals surface area (Å²) in [5.41, 5.74) is 0.853. The lowest BCUT2D eigenvalue weighted by atomic mass is 10.1. The summed E-state index contributed by atoms with van der Waals surface area (Å²) in [6.07, 6.45) is 5.13. The zero-order valence-corrected chi connectivity index (χ0v) is 13.6. The number of nitrogens with zero attached hydrogens (tertiary/aromatic N) is 1. The molecule has 21 heavy (non-hydrogen) atoms. The van der Waals surface area contributed by atoms with Crippen LogP contribution in [0.5, 0.6) is 0 Å². The second-order valence-corrected chi connectivity index (χ2v) is 8.03. The van der Waals surface area contributed by atoms with Crippen molar-refractivity contribution in [3.05, 3.63) is 28.1 Å². The van der Waals surface area contributed by atoms with Gasteiger partial charge in [-0.2, -0.15) is 0 Å². The molecule has 2 aliphatic carbocycles. The van der Waals surface area contributed by atoms with Crippen LogP contribution in [0, 0.1) is 18.8 Å². The minimum Gasteiger partial charge on any atom is -0.348 e. The lowest BCUT2D eigenvalue weighted by molar-refractivity contribution is 0.0929. The highest BCUT2D eigenvalue weighted by Gasteiger charge is 2.42. The monoisotopic (exact) mass is 318 g/mol. The van der Waals surface area contributed by atoms with Gasteiger partial charge in [-0.3, -0.25) is 4.79 Å².